The minimum absolute atomic E-state index is 0.000735. The van der Waals surface area contributed by atoms with E-state index in [0.29, 0.717) is 25.2 Å². The summed E-state index contributed by atoms with van der Waals surface area (Å²) in [5.74, 6) is 0.945. The maximum Gasteiger partial charge on any atom is 0.410 e. The number of rotatable bonds is 4. The summed E-state index contributed by atoms with van der Waals surface area (Å²) >= 11 is 0. The second kappa shape index (κ2) is 10.0. The van der Waals surface area contributed by atoms with Crippen LogP contribution in [0, 0.1) is 0 Å². The van der Waals surface area contributed by atoms with Crippen molar-refractivity contribution in [2.45, 2.75) is 76.5 Å². The van der Waals surface area contributed by atoms with Crippen LogP contribution in [-0.4, -0.2) is 70.4 Å². The molecule has 2 amide bonds. The molecule has 5 rings (SSSR count). The van der Waals surface area contributed by atoms with Gasteiger partial charge in [-0.15, -0.1) is 0 Å². The number of likely N-dealkylation sites (tertiary alicyclic amines) is 2. The first kappa shape index (κ1) is 25.6. The smallest absolute Gasteiger partial charge is 0.410 e. The van der Waals surface area contributed by atoms with Crippen molar-refractivity contribution in [1.29, 1.82) is 0 Å². The summed E-state index contributed by atoms with van der Waals surface area (Å²) in [7, 11) is 0. The van der Waals surface area contributed by atoms with Gasteiger partial charge in [-0.25, -0.2) is 4.79 Å². The number of amides is 2. The summed E-state index contributed by atoms with van der Waals surface area (Å²) in [5, 5.41) is 9.54. The van der Waals surface area contributed by atoms with Crippen molar-refractivity contribution in [2.75, 3.05) is 26.2 Å². The number of benzene rings is 2. The summed E-state index contributed by atoms with van der Waals surface area (Å²) in [5.41, 5.74) is 3.52. The number of aliphatic hydroxyl groups is 1. The number of carbonyl (C=O) groups is 2. The second-order valence-electron chi connectivity index (χ2n) is 11.7. The van der Waals surface area contributed by atoms with E-state index in [2.05, 4.69) is 18.2 Å². The monoisotopic (exact) mass is 506 g/mol. The average Bonchev–Trinajstić information content (AvgIpc) is 3.47. The fraction of sp³-hybridized carbons (Fsp3) is 0.533. The van der Waals surface area contributed by atoms with Gasteiger partial charge in [-0.1, -0.05) is 24.3 Å². The molecule has 0 radical (unpaired) electrons. The van der Waals surface area contributed by atoms with E-state index < -0.39 is 5.60 Å². The van der Waals surface area contributed by atoms with Crippen LogP contribution in [0.1, 0.15) is 73.5 Å². The number of hydrogen-bond acceptors (Lipinski definition) is 5. The fourth-order valence-electron chi connectivity index (χ4n) is 5.76. The van der Waals surface area contributed by atoms with Crippen LogP contribution in [0.5, 0.6) is 5.75 Å². The van der Waals surface area contributed by atoms with Gasteiger partial charge < -0.3 is 24.4 Å². The van der Waals surface area contributed by atoms with Crippen molar-refractivity contribution in [2.24, 2.45) is 0 Å². The summed E-state index contributed by atoms with van der Waals surface area (Å²) in [6.07, 6.45) is 4.78. The van der Waals surface area contributed by atoms with Gasteiger partial charge >= 0.3 is 6.09 Å². The maximum absolute atomic E-state index is 12.9. The van der Waals surface area contributed by atoms with E-state index in [1.54, 1.807) is 9.80 Å². The minimum atomic E-state index is -0.491. The summed E-state index contributed by atoms with van der Waals surface area (Å²) in [4.78, 5) is 28.9. The molecule has 2 fully saturated rings. The predicted molar refractivity (Wildman–Crippen MR) is 141 cm³/mol. The zero-order valence-electron chi connectivity index (χ0n) is 22.2. The number of nitrogens with zero attached hydrogens (tertiary/aromatic N) is 2. The lowest BCUT2D eigenvalue weighted by Crippen LogP contribution is -2.50. The molecular formula is C30H38N2O5. The van der Waals surface area contributed by atoms with Gasteiger partial charge in [0.05, 0.1) is 12.6 Å². The van der Waals surface area contributed by atoms with Crippen molar-refractivity contribution < 1.29 is 24.2 Å². The lowest BCUT2D eigenvalue weighted by atomic mass is 9.87. The Balaban J connectivity index is 1.19. The highest BCUT2D eigenvalue weighted by molar-refractivity contribution is 5.94. The van der Waals surface area contributed by atoms with Crippen molar-refractivity contribution in [3.8, 4) is 5.75 Å². The highest BCUT2D eigenvalue weighted by atomic mass is 16.6. The van der Waals surface area contributed by atoms with Crippen LogP contribution < -0.4 is 4.74 Å². The molecular weight excluding hydrogens is 468 g/mol. The molecule has 0 bridgehead atoms. The highest BCUT2D eigenvalue weighted by Gasteiger charge is 2.43. The van der Waals surface area contributed by atoms with Gasteiger partial charge in [0.2, 0.25) is 0 Å². The van der Waals surface area contributed by atoms with Crippen molar-refractivity contribution in [3.63, 3.8) is 0 Å². The molecule has 7 heteroatoms. The topological polar surface area (TPSA) is 79.3 Å². The van der Waals surface area contributed by atoms with Gasteiger partial charge in [-0.3, -0.25) is 4.79 Å². The quantitative estimate of drug-likeness (QED) is 0.657. The van der Waals surface area contributed by atoms with Crippen LogP contribution in [0.2, 0.25) is 0 Å². The summed E-state index contributed by atoms with van der Waals surface area (Å²) < 4.78 is 12.0. The number of piperidine rings is 1. The molecule has 0 aliphatic carbocycles. The largest absolute Gasteiger partial charge is 0.487 e. The van der Waals surface area contributed by atoms with E-state index in [1.807, 2.05) is 45.0 Å². The van der Waals surface area contributed by atoms with Crippen molar-refractivity contribution in [3.05, 3.63) is 64.7 Å². The second-order valence-corrected chi connectivity index (χ2v) is 11.7. The SMILES string of the molecule is CC(C)(C)OC(=O)N1CCC2(CC1)Cc1cc(Cc3ccc(C(=O)N4CCC[C@@H]4CO)cc3)ccc1O2. The van der Waals surface area contributed by atoms with Gasteiger partial charge in [0.25, 0.3) is 5.91 Å². The fourth-order valence-corrected chi connectivity index (χ4v) is 5.76. The number of ether oxygens (including phenoxy) is 2. The van der Waals surface area contributed by atoms with Gasteiger partial charge in [-0.2, -0.15) is 0 Å². The van der Waals surface area contributed by atoms with Crippen LogP contribution in [0.4, 0.5) is 4.79 Å². The summed E-state index contributed by atoms with van der Waals surface area (Å²) in [6, 6.07) is 14.2. The summed E-state index contributed by atoms with van der Waals surface area (Å²) in [6.45, 7) is 7.67. The van der Waals surface area contributed by atoms with Crippen LogP contribution in [0.3, 0.4) is 0 Å². The molecule has 7 nitrogen and oxygen atoms in total. The van der Waals surface area contributed by atoms with Gasteiger partial charge in [-0.05, 0) is 74.9 Å². The maximum atomic E-state index is 12.9. The third-order valence-electron chi connectivity index (χ3n) is 7.75. The Labute approximate surface area is 219 Å². The molecule has 1 atom stereocenters. The molecule has 1 spiro atoms. The molecule has 3 aliphatic rings. The molecule has 0 aromatic heterocycles. The molecule has 0 saturated carbocycles. The van der Waals surface area contributed by atoms with E-state index in [0.717, 1.165) is 49.8 Å². The highest BCUT2D eigenvalue weighted by Crippen LogP contribution is 2.41. The molecule has 198 valence electrons. The molecule has 1 N–H and O–H groups in total. The van der Waals surface area contributed by atoms with E-state index in [9.17, 15) is 14.7 Å². The van der Waals surface area contributed by atoms with Crippen LogP contribution in [0.15, 0.2) is 42.5 Å². The molecule has 37 heavy (non-hydrogen) atoms. The standard InChI is InChI=1S/C30H38N2O5/c1-29(2,3)37-28(35)31-15-12-30(13-16-31)19-24-18-22(8-11-26(24)36-30)17-21-6-9-23(10-7-21)27(34)32-14-4-5-25(32)20-33/h6-11,18,25,33H,4-5,12-17,19-20H2,1-3H3/t25-/m1/s1. The number of aliphatic hydroxyl groups excluding tert-OH is 1. The Bertz CT molecular complexity index is 1150. The average molecular weight is 507 g/mol. The first-order valence-electron chi connectivity index (χ1n) is 13.4. The van der Waals surface area contributed by atoms with Crippen molar-refractivity contribution in [1.82, 2.24) is 9.80 Å². The minimum Gasteiger partial charge on any atom is -0.487 e. The van der Waals surface area contributed by atoms with Crippen LogP contribution in [0.25, 0.3) is 0 Å². The number of carbonyl (C=O) groups excluding carboxylic acids is 2. The van der Waals surface area contributed by atoms with Gasteiger partial charge in [0.1, 0.15) is 17.0 Å². The van der Waals surface area contributed by atoms with Crippen molar-refractivity contribution >= 4 is 12.0 Å². The van der Waals surface area contributed by atoms with Crippen LogP contribution >= 0.6 is 0 Å². The Hall–Kier alpha value is -3.06. The van der Waals surface area contributed by atoms with E-state index in [4.69, 9.17) is 9.47 Å². The van der Waals surface area contributed by atoms with Gasteiger partial charge in [0.15, 0.2) is 0 Å². The molecule has 2 saturated heterocycles. The molecule has 3 heterocycles. The Morgan fingerprint density at radius 3 is 2.43 bits per heavy atom. The third kappa shape index (κ3) is 5.61. The number of hydrogen-bond donors (Lipinski definition) is 1. The molecule has 2 aromatic rings. The molecule has 2 aromatic carbocycles. The van der Waals surface area contributed by atoms with E-state index >= 15 is 0 Å². The lowest BCUT2D eigenvalue weighted by molar-refractivity contribution is -0.00888. The Morgan fingerprint density at radius 2 is 1.76 bits per heavy atom. The first-order valence-corrected chi connectivity index (χ1v) is 13.4. The zero-order valence-corrected chi connectivity index (χ0v) is 22.2. The number of fused-ring (bicyclic) bond motifs is 1. The van der Waals surface area contributed by atoms with Gasteiger partial charge in [0, 0.05) is 44.5 Å². The molecule has 3 aliphatic heterocycles. The predicted octanol–water partition coefficient (Wildman–Crippen LogP) is 4.58. The van der Waals surface area contributed by atoms with Crippen LogP contribution in [-0.2, 0) is 17.6 Å². The lowest BCUT2D eigenvalue weighted by Gasteiger charge is -2.39. The third-order valence-corrected chi connectivity index (χ3v) is 7.75. The van der Waals surface area contributed by atoms with E-state index in [-0.39, 0.29) is 30.3 Å². The first-order chi connectivity index (χ1) is 17.6. The van der Waals surface area contributed by atoms with E-state index in [1.165, 1.54) is 11.1 Å². The molecule has 0 unspecified atom stereocenters. The zero-order chi connectivity index (χ0) is 26.2. The Morgan fingerprint density at radius 1 is 1.05 bits per heavy atom. The normalized spacial score (nSPS) is 20.6. The Kier molecular flexibility index (Phi) is 6.92.